The molecule has 5 heteroatoms. The van der Waals surface area contributed by atoms with Gasteiger partial charge < -0.3 is 15.5 Å². The van der Waals surface area contributed by atoms with Gasteiger partial charge >= 0.3 is 6.03 Å². The molecule has 0 spiro atoms. The zero-order chi connectivity index (χ0) is 16.1. The summed E-state index contributed by atoms with van der Waals surface area (Å²) in [7, 11) is 0. The van der Waals surface area contributed by atoms with Crippen LogP contribution in [0.1, 0.15) is 32.3 Å². The largest absolute Gasteiger partial charge is 0.336 e. The van der Waals surface area contributed by atoms with Crippen molar-refractivity contribution in [1.29, 1.82) is 0 Å². The van der Waals surface area contributed by atoms with Crippen LogP contribution in [0.5, 0.6) is 0 Å². The van der Waals surface area contributed by atoms with Crippen molar-refractivity contribution in [2.24, 2.45) is 5.92 Å². The van der Waals surface area contributed by atoms with Crippen molar-refractivity contribution in [3.8, 4) is 0 Å². The Morgan fingerprint density at radius 3 is 2.50 bits per heavy atom. The van der Waals surface area contributed by atoms with E-state index >= 15 is 0 Å². The first-order valence-electron chi connectivity index (χ1n) is 7.88. The van der Waals surface area contributed by atoms with Gasteiger partial charge in [0.05, 0.1) is 0 Å². The summed E-state index contributed by atoms with van der Waals surface area (Å²) in [4.78, 5) is 26.0. The first-order chi connectivity index (χ1) is 10.5. The Kier molecular flexibility index (Phi) is 5.41. The Morgan fingerprint density at radius 2 is 1.91 bits per heavy atom. The van der Waals surface area contributed by atoms with Crippen LogP contribution in [0.3, 0.4) is 0 Å². The highest BCUT2D eigenvalue weighted by Gasteiger charge is 2.27. The molecule has 22 heavy (non-hydrogen) atoms. The third kappa shape index (κ3) is 4.48. The van der Waals surface area contributed by atoms with Crippen molar-refractivity contribution in [3.05, 3.63) is 29.8 Å². The Bertz CT molecular complexity index is 534. The van der Waals surface area contributed by atoms with E-state index < -0.39 is 0 Å². The number of aryl methyl sites for hydroxylation is 1. The molecule has 1 aliphatic rings. The second kappa shape index (κ2) is 7.29. The van der Waals surface area contributed by atoms with E-state index in [-0.39, 0.29) is 23.9 Å². The Hall–Kier alpha value is -2.04. The maximum absolute atomic E-state index is 12.3. The highest BCUT2D eigenvalue weighted by Crippen LogP contribution is 2.20. The van der Waals surface area contributed by atoms with Crippen molar-refractivity contribution < 1.29 is 9.59 Å². The Balaban J connectivity index is 1.83. The van der Waals surface area contributed by atoms with Gasteiger partial charge in [0.25, 0.3) is 0 Å². The van der Waals surface area contributed by atoms with Crippen LogP contribution in [0.25, 0.3) is 0 Å². The monoisotopic (exact) mass is 303 g/mol. The van der Waals surface area contributed by atoms with Gasteiger partial charge in [-0.3, -0.25) is 4.79 Å². The zero-order valence-electron chi connectivity index (χ0n) is 13.6. The van der Waals surface area contributed by atoms with E-state index in [2.05, 4.69) is 10.6 Å². The molecule has 2 N–H and O–H groups in total. The number of benzene rings is 1. The molecule has 120 valence electrons. The summed E-state index contributed by atoms with van der Waals surface area (Å²) >= 11 is 0. The van der Waals surface area contributed by atoms with Crippen LogP contribution < -0.4 is 10.6 Å². The van der Waals surface area contributed by atoms with E-state index in [1.54, 1.807) is 4.90 Å². The average molecular weight is 303 g/mol. The smallest absolute Gasteiger partial charge is 0.317 e. The topological polar surface area (TPSA) is 61.4 Å². The van der Waals surface area contributed by atoms with Crippen LogP contribution in [0.4, 0.5) is 10.5 Å². The Labute approximate surface area is 132 Å². The number of urea groups is 1. The van der Waals surface area contributed by atoms with Gasteiger partial charge in [-0.1, -0.05) is 12.1 Å². The summed E-state index contributed by atoms with van der Waals surface area (Å²) in [6.07, 6.45) is 1.42. The fourth-order valence-electron chi connectivity index (χ4n) is 2.65. The van der Waals surface area contributed by atoms with Gasteiger partial charge in [-0.25, -0.2) is 4.79 Å². The average Bonchev–Trinajstić information content (AvgIpc) is 2.46. The molecule has 1 aliphatic heterocycles. The highest BCUT2D eigenvalue weighted by atomic mass is 16.2. The molecular formula is C17H25N3O2. The summed E-state index contributed by atoms with van der Waals surface area (Å²) in [5.41, 5.74) is 1.96. The fraction of sp³-hybridized carbons (Fsp3) is 0.529. The normalized spacial score (nSPS) is 15.7. The number of rotatable bonds is 3. The van der Waals surface area contributed by atoms with Crippen LogP contribution in [0.15, 0.2) is 24.3 Å². The molecule has 1 fully saturated rings. The maximum atomic E-state index is 12.3. The minimum Gasteiger partial charge on any atom is -0.336 e. The van der Waals surface area contributed by atoms with Gasteiger partial charge in [0.1, 0.15) is 0 Å². The molecule has 1 aromatic rings. The van der Waals surface area contributed by atoms with Crippen molar-refractivity contribution in [3.63, 3.8) is 0 Å². The summed E-state index contributed by atoms with van der Waals surface area (Å²) in [5.74, 6) is 0.0260. The third-order valence-corrected chi connectivity index (χ3v) is 3.85. The number of amides is 3. The third-order valence-electron chi connectivity index (χ3n) is 3.85. The predicted octanol–water partition coefficient (Wildman–Crippen LogP) is 2.76. The van der Waals surface area contributed by atoms with Gasteiger partial charge in [-0.15, -0.1) is 0 Å². The number of piperidine rings is 1. The zero-order valence-corrected chi connectivity index (χ0v) is 13.6. The fourth-order valence-corrected chi connectivity index (χ4v) is 2.65. The number of carbonyl (C=O) groups excluding carboxylic acids is 2. The Morgan fingerprint density at radius 1 is 1.23 bits per heavy atom. The molecule has 5 nitrogen and oxygen atoms in total. The highest BCUT2D eigenvalue weighted by molar-refractivity contribution is 5.92. The molecule has 0 radical (unpaired) electrons. The molecule has 3 amide bonds. The van der Waals surface area contributed by atoms with E-state index in [9.17, 15) is 9.59 Å². The molecular weight excluding hydrogens is 278 g/mol. The molecule has 0 atom stereocenters. The number of hydrogen-bond acceptors (Lipinski definition) is 2. The lowest BCUT2D eigenvalue weighted by Crippen LogP contribution is -2.47. The van der Waals surface area contributed by atoms with Crippen LogP contribution in [-0.2, 0) is 4.79 Å². The molecule has 1 aromatic carbocycles. The van der Waals surface area contributed by atoms with E-state index in [0.29, 0.717) is 25.9 Å². The van der Waals surface area contributed by atoms with E-state index in [4.69, 9.17) is 0 Å². The quantitative estimate of drug-likeness (QED) is 0.902. The molecule has 0 unspecified atom stereocenters. The van der Waals surface area contributed by atoms with Gasteiger partial charge in [0, 0.05) is 30.7 Å². The van der Waals surface area contributed by atoms with Gasteiger partial charge in [0.2, 0.25) is 5.91 Å². The van der Waals surface area contributed by atoms with Gasteiger partial charge in [-0.05, 0) is 51.3 Å². The predicted molar refractivity (Wildman–Crippen MR) is 87.8 cm³/mol. The maximum Gasteiger partial charge on any atom is 0.317 e. The summed E-state index contributed by atoms with van der Waals surface area (Å²) in [6.45, 7) is 7.15. The van der Waals surface area contributed by atoms with Gasteiger partial charge in [0.15, 0.2) is 0 Å². The lowest BCUT2D eigenvalue weighted by molar-refractivity contribution is -0.121. The summed E-state index contributed by atoms with van der Waals surface area (Å²) in [5, 5.41) is 5.86. The molecule has 1 saturated heterocycles. The van der Waals surface area contributed by atoms with Crippen molar-refractivity contribution >= 4 is 17.6 Å². The lowest BCUT2D eigenvalue weighted by atomic mass is 9.96. The number of hydrogen-bond donors (Lipinski definition) is 2. The molecule has 0 aliphatic carbocycles. The number of carbonyl (C=O) groups is 2. The molecule has 1 heterocycles. The first-order valence-corrected chi connectivity index (χ1v) is 7.88. The van der Waals surface area contributed by atoms with Gasteiger partial charge in [-0.2, -0.15) is 0 Å². The van der Waals surface area contributed by atoms with Crippen molar-refractivity contribution in [2.45, 2.75) is 39.7 Å². The van der Waals surface area contributed by atoms with E-state index in [0.717, 1.165) is 11.3 Å². The summed E-state index contributed by atoms with van der Waals surface area (Å²) < 4.78 is 0. The molecule has 2 rings (SSSR count). The second-order valence-corrected chi connectivity index (χ2v) is 6.22. The molecule has 0 bridgehead atoms. The standard InChI is InChI=1S/C17H25N3O2/c1-12(2)18-17(22)20-9-7-14(8-10-20)16(21)19-15-6-4-5-13(3)11-15/h4-6,11-12,14H,7-10H2,1-3H3,(H,18,22)(H,19,21). The van der Waals surface area contributed by atoms with E-state index in [1.165, 1.54) is 0 Å². The SMILES string of the molecule is Cc1cccc(NC(=O)C2CCN(C(=O)NC(C)C)CC2)c1. The number of anilines is 1. The first kappa shape index (κ1) is 16.3. The molecule has 0 saturated carbocycles. The van der Waals surface area contributed by atoms with E-state index in [1.807, 2.05) is 45.0 Å². The molecule has 0 aromatic heterocycles. The number of nitrogens with one attached hydrogen (secondary N) is 2. The minimum absolute atomic E-state index is 0.0244. The van der Waals surface area contributed by atoms with Crippen LogP contribution >= 0.6 is 0 Å². The summed E-state index contributed by atoms with van der Waals surface area (Å²) in [6, 6.07) is 7.90. The lowest BCUT2D eigenvalue weighted by Gasteiger charge is -2.32. The van der Waals surface area contributed by atoms with Crippen molar-refractivity contribution in [1.82, 2.24) is 10.2 Å². The minimum atomic E-state index is -0.0347. The number of likely N-dealkylation sites (tertiary alicyclic amines) is 1. The van der Waals surface area contributed by atoms with Crippen LogP contribution in [0, 0.1) is 12.8 Å². The van der Waals surface area contributed by atoms with Crippen molar-refractivity contribution in [2.75, 3.05) is 18.4 Å². The van der Waals surface area contributed by atoms with Crippen LogP contribution in [-0.4, -0.2) is 36.0 Å². The second-order valence-electron chi connectivity index (χ2n) is 6.22. The van der Waals surface area contributed by atoms with Crippen LogP contribution in [0.2, 0.25) is 0 Å². The number of nitrogens with zero attached hydrogens (tertiary/aromatic N) is 1.